The van der Waals surface area contributed by atoms with E-state index >= 15 is 0 Å². The topological polar surface area (TPSA) is 38.3 Å². The van der Waals surface area contributed by atoms with Crippen molar-refractivity contribution in [3.05, 3.63) is 35.4 Å². The van der Waals surface area contributed by atoms with E-state index in [4.69, 9.17) is 4.74 Å². The molecular formula is C14H17F2NO2. The standard InChI is InChI=1S/C14H17F2NO2/c1-9(19-14(18)11-3-4-11)7-17-8-10-2-5-12(15)13(16)6-10/h2,5-6,9,11,17H,3-4,7-8H2,1H3. The third-order valence-electron chi connectivity index (χ3n) is 2.97. The van der Waals surface area contributed by atoms with Crippen molar-refractivity contribution in [3.63, 3.8) is 0 Å². The zero-order valence-electron chi connectivity index (χ0n) is 10.8. The van der Waals surface area contributed by atoms with E-state index in [1.165, 1.54) is 6.07 Å². The molecule has 0 amide bonds. The third-order valence-corrected chi connectivity index (χ3v) is 2.97. The first-order valence-corrected chi connectivity index (χ1v) is 6.41. The molecule has 1 saturated carbocycles. The fourth-order valence-corrected chi connectivity index (χ4v) is 1.72. The Morgan fingerprint density at radius 2 is 2.16 bits per heavy atom. The zero-order chi connectivity index (χ0) is 13.8. The Morgan fingerprint density at radius 1 is 1.42 bits per heavy atom. The summed E-state index contributed by atoms with van der Waals surface area (Å²) in [5.74, 6) is -1.75. The molecule has 1 aromatic rings. The van der Waals surface area contributed by atoms with Crippen molar-refractivity contribution < 1.29 is 18.3 Å². The highest BCUT2D eigenvalue weighted by atomic mass is 19.2. The Balaban J connectivity index is 1.70. The summed E-state index contributed by atoms with van der Waals surface area (Å²) in [4.78, 5) is 11.4. The molecule has 1 aromatic carbocycles. The monoisotopic (exact) mass is 269 g/mol. The number of rotatable bonds is 6. The van der Waals surface area contributed by atoms with Gasteiger partial charge in [-0.3, -0.25) is 4.79 Å². The second kappa shape index (κ2) is 6.10. The lowest BCUT2D eigenvalue weighted by Crippen LogP contribution is -2.29. The van der Waals surface area contributed by atoms with E-state index in [9.17, 15) is 13.6 Å². The van der Waals surface area contributed by atoms with Crippen LogP contribution in [0.5, 0.6) is 0 Å². The smallest absolute Gasteiger partial charge is 0.309 e. The molecule has 0 heterocycles. The van der Waals surface area contributed by atoms with E-state index in [1.54, 1.807) is 6.92 Å². The van der Waals surface area contributed by atoms with Crippen LogP contribution >= 0.6 is 0 Å². The van der Waals surface area contributed by atoms with Crippen molar-refractivity contribution in [3.8, 4) is 0 Å². The Kier molecular flexibility index (Phi) is 4.47. The van der Waals surface area contributed by atoms with E-state index in [-0.39, 0.29) is 18.0 Å². The van der Waals surface area contributed by atoms with Crippen molar-refractivity contribution >= 4 is 5.97 Å². The summed E-state index contributed by atoms with van der Waals surface area (Å²) in [5, 5.41) is 3.05. The summed E-state index contributed by atoms with van der Waals surface area (Å²) in [7, 11) is 0. The zero-order valence-corrected chi connectivity index (χ0v) is 10.8. The summed E-state index contributed by atoms with van der Waals surface area (Å²) in [5.41, 5.74) is 0.652. The van der Waals surface area contributed by atoms with Gasteiger partial charge >= 0.3 is 5.97 Å². The van der Waals surface area contributed by atoms with Crippen LogP contribution in [-0.4, -0.2) is 18.6 Å². The van der Waals surface area contributed by atoms with Gasteiger partial charge in [-0.2, -0.15) is 0 Å². The molecule has 1 atom stereocenters. The van der Waals surface area contributed by atoms with E-state index in [2.05, 4.69) is 5.32 Å². The molecule has 104 valence electrons. The van der Waals surface area contributed by atoms with Crippen LogP contribution < -0.4 is 5.32 Å². The average molecular weight is 269 g/mol. The minimum absolute atomic E-state index is 0.0913. The van der Waals surface area contributed by atoms with E-state index in [0.29, 0.717) is 18.7 Å². The quantitative estimate of drug-likeness (QED) is 0.806. The number of carbonyl (C=O) groups excluding carboxylic acids is 1. The largest absolute Gasteiger partial charge is 0.461 e. The highest BCUT2D eigenvalue weighted by Gasteiger charge is 2.32. The lowest BCUT2D eigenvalue weighted by atomic mass is 10.2. The van der Waals surface area contributed by atoms with Crippen LogP contribution in [0.1, 0.15) is 25.3 Å². The second-order valence-corrected chi connectivity index (χ2v) is 4.90. The van der Waals surface area contributed by atoms with Crippen molar-refractivity contribution in [1.82, 2.24) is 5.32 Å². The average Bonchev–Trinajstić information content (AvgIpc) is 3.17. The number of benzene rings is 1. The summed E-state index contributed by atoms with van der Waals surface area (Å²) in [6, 6.07) is 3.78. The van der Waals surface area contributed by atoms with Crippen LogP contribution in [-0.2, 0) is 16.1 Å². The van der Waals surface area contributed by atoms with Gasteiger partial charge in [0.15, 0.2) is 11.6 Å². The van der Waals surface area contributed by atoms with Crippen LogP contribution in [0.15, 0.2) is 18.2 Å². The number of hydrogen-bond donors (Lipinski definition) is 1. The summed E-state index contributed by atoms with van der Waals surface area (Å²) in [6.45, 7) is 2.69. The maximum absolute atomic E-state index is 13.0. The Morgan fingerprint density at radius 3 is 2.79 bits per heavy atom. The first kappa shape index (κ1) is 13.9. The molecule has 1 aliphatic carbocycles. The summed E-state index contributed by atoms with van der Waals surface area (Å²) in [6.07, 6.45) is 1.63. The molecule has 1 unspecified atom stereocenters. The van der Waals surface area contributed by atoms with Crippen molar-refractivity contribution in [2.45, 2.75) is 32.4 Å². The van der Waals surface area contributed by atoms with Gasteiger partial charge in [0.25, 0.3) is 0 Å². The van der Waals surface area contributed by atoms with Gasteiger partial charge in [-0.1, -0.05) is 6.07 Å². The number of halogens is 2. The maximum atomic E-state index is 13.0. The van der Waals surface area contributed by atoms with Crippen LogP contribution in [0.2, 0.25) is 0 Å². The number of carbonyl (C=O) groups is 1. The van der Waals surface area contributed by atoms with Crippen molar-refractivity contribution in [2.75, 3.05) is 6.54 Å². The molecule has 1 fully saturated rings. The van der Waals surface area contributed by atoms with Gasteiger partial charge in [0.1, 0.15) is 6.10 Å². The molecule has 0 aliphatic heterocycles. The predicted octanol–water partition coefficient (Wildman–Crippen LogP) is 2.40. The number of nitrogens with one attached hydrogen (secondary N) is 1. The Hall–Kier alpha value is -1.49. The third kappa shape index (κ3) is 4.28. The first-order chi connectivity index (χ1) is 9.06. The Bertz CT molecular complexity index is 461. The highest BCUT2D eigenvalue weighted by molar-refractivity contribution is 5.75. The normalized spacial score (nSPS) is 16.2. The molecule has 0 bridgehead atoms. The molecule has 2 rings (SSSR count). The van der Waals surface area contributed by atoms with Gasteiger partial charge in [0, 0.05) is 13.1 Å². The molecule has 1 N–H and O–H groups in total. The Labute approximate surface area is 111 Å². The fourth-order valence-electron chi connectivity index (χ4n) is 1.72. The van der Waals surface area contributed by atoms with Crippen molar-refractivity contribution in [2.24, 2.45) is 5.92 Å². The van der Waals surface area contributed by atoms with E-state index in [1.807, 2.05) is 0 Å². The molecule has 0 spiro atoms. The van der Waals surface area contributed by atoms with Gasteiger partial charge in [-0.15, -0.1) is 0 Å². The van der Waals surface area contributed by atoms with Gasteiger partial charge in [-0.05, 0) is 37.5 Å². The van der Waals surface area contributed by atoms with Gasteiger partial charge in [0.05, 0.1) is 5.92 Å². The molecule has 1 aliphatic rings. The lowest BCUT2D eigenvalue weighted by Gasteiger charge is -2.14. The van der Waals surface area contributed by atoms with E-state index < -0.39 is 11.6 Å². The molecule has 0 aromatic heterocycles. The highest BCUT2D eigenvalue weighted by Crippen LogP contribution is 2.30. The van der Waals surface area contributed by atoms with Gasteiger partial charge in [-0.25, -0.2) is 8.78 Å². The van der Waals surface area contributed by atoms with Crippen LogP contribution in [0.25, 0.3) is 0 Å². The molecule has 3 nitrogen and oxygen atoms in total. The van der Waals surface area contributed by atoms with Gasteiger partial charge < -0.3 is 10.1 Å². The van der Waals surface area contributed by atoms with Crippen LogP contribution in [0, 0.1) is 17.6 Å². The summed E-state index contributed by atoms with van der Waals surface area (Å²) < 4.78 is 30.9. The fraction of sp³-hybridized carbons (Fsp3) is 0.500. The first-order valence-electron chi connectivity index (χ1n) is 6.41. The predicted molar refractivity (Wildman–Crippen MR) is 66.3 cm³/mol. The molecule has 0 saturated heterocycles. The van der Waals surface area contributed by atoms with Gasteiger partial charge in [0.2, 0.25) is 0 Å². The second-order valence-electron chi connectivity index (χ2n) is 4.90. The maximum Gasteiger partial charge on any atom is 0.309 e. The minimum Gasteiger partial charge on any atom is -0.461 e. The number of esters is 1. The van der Waals surface area contributed by atoms with Crippen molar-refractivity contribution in [1.29, 1.82) is 0 Å². The molecule has 0 radical (unpaired) electrons. The van der Waals surface area contributed by atoms with E-state index in [0.717, 1.165) is 25.0 Å². The number of ether oxygens (including phenoxy) is 1. The molecule has 5 heteroatoms. The minimum atomic E-state index is -0.854. The molecular weight excluding hydrogens is 252 g/mol. The molecule has 19 heavy (non-hydrogen) atoms. The number of hydrogen-bond acceptors (Lipinski definition) is 3. The van der Waals surface area contributed by atoms with Crippen LogP contribution in [0.4, 0.5) is 8.78 Å². The lowest BCUT2D eigenvalue weighted by molar-refractivity contribution is -0.149. The summed E-state index contributed by atoms with van der Waals surface area (Å²) >= 11 is 0. The van der Waals surface area contributed by atoms with Crippen LogP contribution in [0.3, 0.4) is 0 Å². The SMILES string of the molecule is CC(CNCc1ccc(F)c(F)c1)OC(=O)C1CC1.